The van der Waals surface area contributed by atoms with E-state index in [0.717, 1.165) is 21.0 Å². The van der Waals surface area contributed by atoms with E-state index >= 15 is 0 Å². The summed E-state index contributed by atoms with van der Waals surface area (Å²) in [4.78, 5) is 0. The van der Waals surface area contributed by atoms with Crippen LogP contribution in [0.2, 0.25) is 0 Å². The number of aliphatic hydroxyl groups excluding tert-OH is 1. The molecule has 21 heavy (non-hydrogen) atoms. The summed E-state index contributed by atoms with van der Waals surface area (Å²) in [6.45, 7) is 0. The van der Waals surface area contributed by atoms with E-state index in [1.54, 1.807) is 18.2 Å². The molecular formula is C18H14BrFO. The molecular weight excluding hydrogens is 331 g/mol. The summed E-state index contributed by atoms with van der Waals surface area (Å²) < 4.78 is 14.8. The minimum atomic E-state index is -0.672. The van der Waals surface area contributed by atoms with Gasteiger partial charge in [0, 0.05) is 16.3 Å². The Kier molecular flexibility index (Phi) is 4.04. The molecule has 0 aromatic heterocycles. The summed E-state index contributed by atoms with van der Waals surface area (Å²) in [6.07, 6.45) is -0.189. The van der Waals surface area contributed by atoms with Crippen molar-refractivity contribution < 1.29 is 9.50 Å². The third kappa shape index (κ3) is 2.85. The summed E-state index contributed by atoms with van der Waals surface area (Å²) in [5.74, 6) is -0.262. The molecule has 0 aliphatic heterocycles. The molecule has 0 spiro atoms. The van der Waals surface area contributed by atoms with Crippen LogP contribution in [-0.4, -0.2) is 5.11 Å². The van der Waals surface area contributed by atoms with Crippen molar-refractivity contribution in [3.63, 3.8) is 0 Å². The Bertz CT molecular complexity index is 785. The zero-order valence-electron chi connectivity index (χ0n) is 11.3. The topological polar surface area (TPSA) is 20.2 Å². The molecule has 0 heterocycles. The number of rotatable bonds is 3. The average Bonchev–Trinajstić information content (AvgIpc) is 2.50. The molecule has 0 aliphatic rings. The number of halogens is 2. The predicted molar refractivity (Wildman–Crippen MR) is 86.7 cm³/mol. The van der Waals surface area contributed by atoms with Gasteiger partial charge in [-0.25, -0.2) is 4.39 Å². The van der Waals surface area contributed by atoms with Crippen molar-refractivity contribution in [3.8, 4) is 0 Å². The van der Waals surface area contributed by atoms with Crippen LogP contribution in [0.3, 0.4) is 0 Å². The molecule has 0 amide bonds. The number of aliphatic hydroxyl groups is 1. The molecule has 0 aliphatic carbocycles. The van der Waals surface area contributed by atoms with E-state index in [2.05, 4.69) is 15.9 Å². The van der Waals surface area contributed by atoms with Gasteiger partial charge in [0.25, 0.3) is 0 Å². The molecule has 1 atom stereocenters. The molecule has 3 aromatic carbocycles. The lowest BCUT2D eigenvalue weighted by Gasteiger charge is -2.15. The second-order valence-corrected chi connectivity index (χ2v) is 5.85. The predicted octanol–water partition coefficient (Wildman–Crippen LogP) is 5.02. The minimum absolute atomic E-state index is 0.262. The Morgan fingerprint density at radius 3 is 2.33 bits per heavy atom. The second-order valence-electron chi connectivity index (χ2n) is 4.99. The molecule has 1 unspecified atom stereocenters. The van der Waals surface area contributed by atoms with E-state index in [1.165, 1.54) is 6.07 Å². The fourth-order valence-electron chi connectivity index (χ4n) is 2.56. The van der Waals surface area contributed by atoms with Crippen molar-refractivity contribution in [1.29, 1.82) is 0 Å². The van der Waals surface area contributed by atoms with E-state index in [-0.39, 0.29) is 5.82 Å². The Morgan fingerprint density at radius 2 is 1.57 bits per heavy atom. The van der Waals surface area contributed by atoms with Crippen LogP contribution in [0.5, 0.6) is 0 Å². The van der Waals surface area contributed by atoms with Crippen LogP contribution in [-0.2, 0) is 6.42 Å². The minimum Gasteiger partial charge on any atom is -0.388 e. The van der Waals surface area contributed by atoms with E-state index in [1.807, 2.05) is 36.4 Å². The Balaban J connectivity index is 2.01. The molecule has 3 aromatic rings. The van der Waals surface area contributed by atoms with Crippen molar-refractivity contribution in [3.05, 3.63) is 82.1 Å². The SMILES string of the molecule is OC(Cc1ccccc1Br)c1ccc(F)c2ccccc12. The first kappa shape index (κ1) is 14.2. The Labute approximate surface area is 131 Å². The number of fused-ring (bicyclic) bond motifs is 1. The fraction of sp³-hybridized carbons (Fsp3) is 0.111. The highest BCUT2D eigenvalue weighted by molar-refractivity contribution is 9.10. The van der Waals surface area contributed by atoms with Gasteiger partial charge in [0.05, 0.1) is 6.10 Å². The molecule has 1 nitrogen and oxygen atoms in total. The molecule has 3 rings (SSSR count). The van der Waals surface area contributed by atoms with E-state index < -0.39 is 6.10 Å². The van der Waals surface area contributed by atoms with Crippen molar-refractivity contribution in [2.24, 2.45) is 0 Å². The van der Waals surface area contributed by atoms with Crippen molar-refractivity contribution >= 4 is 26.7 Å². The zero-order valence-corrected chi connectivity index (χ0v) is 12.8. The van der Waals surface area contributed by atoms with Gasteiger partial charge in [0.15, 0.2) is 0 Å². The standard InChI is InChI=1S/C18H14BrFO/c19-16-8-4-1-5-12(16)11-18(21)15-9-10-17(20)14-7-3-2-6-13(14)15/h1-10,18,21H,11H2. The van der Waals surface area contributed by atoms with Gasteiger partial charge in [0.2, 0.25) is 0 Å². The average molecular weight is 345 g/mol. The number of hydrogen-bond donors (Lipinski definition) is 1. The van der Waals surface area contributed by atoms with Crippen molar-refractivity contribution in [2.45, 2.75) is 12.5 Å². The Morgan fingerprint density at radius 1 is 0.905 bits per heavy atom. The molecule has 0 fully saturated rings. The summed E-state index contributed by atoms with van der Waals surface area (Å²) >= 11 is 3.49. The van der Waals surface area contributed by atoms with E-state index in [4.69, 9.17) is 0 Å². The first-order valence-corrected chi connectivity index (χ1v) is 7.55. The Hall–Kier alpha value is -1.71. The highest BCUT2D eigenvalue weighted by atomic mass is 79.9. The lowest BCUT2D eigenvalue weighted by Crippen LogP contribution is -2.03. The smallest absolute Gasteiger partial charge is 0.131 e. The largest absolute Gasteiger partial charge is 0.388 e. The van der Waals surface area contributed by atoms with Crippen LogP contribution in [0.4, 0.5) is 4.39 Å². The molecule has 3 heteroatoms. The highest BCUT2D eigenvalue weighted by Crippen LogP contribution is 2.30. The quantitative estimate of drug-likeness (QED) is 0.707. The van der Waals surface area contributed by atoms with Gasteiger partial charge in [-0.1, -0.05) is 64.5 Å². The molecule has 1 N–H and O–H groups in total. The van der Waals surface area contributed by atoms with Crippen LogP contribution in [0.25, 0.3) is 10.8 Å². The van der Waals surface area contributed by atoms with Crippen LogP contribution in [0.15, 0.2) is 65.1 Å². The molecule has 0 saturated carbocycles. The monoisotopic (exact) mass is 344 g/mol. The van der Waals surface area contributed by atoms with Gasteiger partial charge in [0.1, 0.15) is 5.82 Å². The van der Waals surface area contributed by atoms with Gasteiger partial charge in [-0.05, 0) is 28.6 Å². The summed E-state index contributed by atoms with van der Waals surface area (Å²) in [6, 6.07) is 18.1. The molecule has 0 saturated heterocycles. The maximum atomic E-state index is 13.8. The van der Waals surface area contributed by atoms with E-state index in [9.17, 15) is 9.50 Å². The normalized spacial score (nSPS) is 12.5. The van der Waals surface area contributed by atoms with Gasteiger partial charge >= 0.3 is 0 Å². The second kappa shape index (κ2) is 5.96. The van der Waals surface area contributed by atoms with Crippen molar-refractivity contribution in [1.82, 2.24) is 0 Å². The maximum Gasteiger partial charge on any atom is 0.131 e. The van der Waals surface area contributed by atoms with E-state index in [0.29, 0.717) is 11.8 Å². The lowest BCUT2D eigenvalue weighted by atomic mass is 9.96. The molecule has 0 radical (unpaired) electrons. The maximum absolute atomic E-state index is 13.8. The van der Waals surface area contributed by atoms with Crippen LogP contribution in [0.1, 0.15) is 17.2 Å². The van der Waals surface area contributed by atoms with Gasteiger partial charge in [-0.2, -0.15) is 0 Å². The van der Waals surface area contributed by atoms with Crippen LogP contribution < -0.4 is 0 Å². The first-order valence-electron chi connectivity index (χ1n) is 6.75. The van der Waals surface area contributed by atoms with Gasteiger partial charge in [-0.3, -0.25) is 0 Å². The molecule has 106 valence electrons. The van der Waals surface area contributed by atoms with Crippen LogP contribution in [0, 0.1) is 5.82 Å². The summed E-state index contributed by atoms with van der Waals surface area (Å²) in [7, 11) is 0. The van der Waals surface area contributed by atoms with Crippen molar-refractivity contribution in [2.75, 3.05) is 0 Å². The summed E-state index contributed by atoms with van der Waals surface area (Å²) in [5, 5.41) is 11.8. The fourth-order valence-corrected chi connectivity index (χ4v) is 3.01. The zero-order chi connectivity index (χ0) is 14.8. The van der Waals surface area contributed by atoms with Gasteiger partial charge < -0.3 is 5.11 Å². The lowest BCUT2D eigenvalue weighted by molar-refractivity contribution is 0.180. The molecule has 0 bridgehead atoms. The third-order valence-electron chi connectivity index (χ3n) is 3.63. The number of benzene rings is 3. The van der Waals surface area contributed by atoms with Gasteiger partial charge in [-0.15, -0.1) is 0 Å². The number of hydrogen-bond acceptors (Lipinski definition) is 1. The van der Waals surface area contributed by atoms with Crippen LogP contribution >= 0.6 is 15.9 Å². The summed E-state index contributed by atoms with van der Waals surface area (Å²) in [5.41, 5.74) is 1.78. The first-order chi connectivity index (χ1) is 10.2. The third-order valence-corrected chi connectivity index (χ3v) is 4.41. The highest BCUT2D eigenvalue weighted by Gasteiger charge is 2.14.